The van der Waals surface area contributed by atoms with E-state index in [4.69, 9.17) is 4.74 Å². The molecule has 0 radical (unpaired) electrons. The number of hydrogen-bond acceptors (Lipinski definition) is 4. The van der Waals surface area contributed by atoms with E-state index in [1.165, 1.54) is 12.8 Å². The fraction of sp³-hybridized carbons (Fsp3) is 0.818. The normalized spacial score (nSPS) is 21.9. The lowest BCUT2D eigenvalue weighted by molar-refractivity contribution is 0.142. The van der Waals surface area contributed by atoms with Crippen molar-refractivity contribution in [2.75, 3.05) is 19.8 Å². The number of rotatable bonds is 5. The maximum Gasteiger partial charge on any atom is 0.0692 e. The number of aryl methyl sites for hydroxylation is 1. The van der Waals surface area contributed by atoms with E-state index in [2.05, 4.69) is 15.6 Å². The van der Waals surface area contributed by atoms with Gasteiger partial charge in [-0.25, -0.2) is 0 Å². The summed E-state index contributed by atoms with van der Waals surface area (Å²) in [7, 11) is 0. The number of ether oxygens (including phenoxy) is 1. The van der Waals surface area contributed by atoms with Crippen LogP contribution in [0.2, 0.25) is 0 Å². The van der Waals surface area contributed by atoms with Gasteiger partial charge in [-0.1, -0.05) is 5.21 Å². The summed E-state index contributed by atoms with van der Waals surface area (Å²) in [4.78, 5) is 0. The average molecular weight is 224 g/mol. The maximum absolute atomic E-state index is 5.43. The van der Waals surface area contributed by atoms with Gasteiger partial charge < -0.3 is 10.1 Å². The first-order chi connectivity index (χ1) is 7.95. The quantitative estimate of drug-likeness (QED) is 0.753. The lowest BCUT2D eigenvalue weighted by atomic mass is 10.1. The minimum Gasteiger partial charge on any atom is -0.381 e. The van der Waals surface area contributed by atoms with Gasteiger partial charge in [-0.2, -0.15) is 0 Å². The zero-order valence-corrected chi connectivity index (χ0v) is 9.64. The van der Waals surface area contributed by atoms with Crippen molar-refractivity contribution < 1.29 is 4.74 Å². The number of nitrogens with one attached hydrogen (secondary N) is 1. The molecule has 0 aliphatic carbocycles. The third kappa shape index (κ3) is 3.90. The van der Waals surface area contributed by atoms with Gasteiger partial charge in [-0.05, 0) is 32.2 Å². The van der Waals surface area contributed by atoms with Crippen LogP contribution < -0.4 is 5.32 Å². The van der Waals surface area contributed by atoms with Crippen LogP contribution in [0, 0.1) is 0 Å². The first kappa shape index (κ1) is 11.5. The summed E-state index contributed by atoms with van der Waals surface area (Å²) in [5.74, 6) is 0. The van der Waals surface area contributed by atoms with Crippen LogP contribution in [-0.2, 0) is 11.3 Å². The summed E-state index contributed by atoms with van der Waals surface area (Å²) in [6, 6.07) is 0.637. The third-order valence-corrected chi connectivity index (χ3v) is 2.92. The lowest BCUT2D eigenvalue weighted by Gasteiger charge is -2.15. The SMILES string of the molecule is c1cn(CCCNC2CCCOCC2)nn1. The Hall–Kier alpha value is -0.940. The molecule has 1 N–H and O–H groups in total. The molecular weight excluding hydrogens is 204 g/mol. The fourth-order valence-electron chi connectivity index (χ4n) is 2.01. The molecular formula is C11H20N4O. The van der Waals surface area contributed by atoms with Crippen LogP contribution in [-0.4, -0.2) is 40.8 Å². The zero-order valence-electron chi connectivity index (χ0n) is 9.64. The first-order valence-electron chi connectivity index (χ1n) is 6.10. The van der Waals surface area contributed by atoms with Crippen molar-refractivity contribution in [3.63, 3.8) is 0 Å². The van der Waals surface area contributed by atoms with Crippen molar-refractivity contribution in [1.82, 2.24) is 20.3 Å². The van der Waals surface area contributed by atoms with Crippen molar-refractivity contribution in [3.8, 4) is 0 Å². The second kappa shape index (κ2) is 6.60. The van der Waals surface area contributed by atoms with Crippen LogP contribution >= 0.6 is 0 Å². The van der Waals surface area contributed by atoms with Gasteiger partial charge >= 0.3 is 0 Å². The van der Waals surface area contributed by atoms with Gasteiger partial charge in [0.2, 0.25) is 0 Å². The molecule has 1 atom stereocenters. The molecule has 5 heteroatoms. The van der Waals surface area contributed by atoms with Crippen molar-refractivity contribution >= 4 is 0 Å². The molecule has 1 aromatic rings. The zero-order chi connectivity index (χ0) is 11.1. The van der Waals surface area contributed by atoms with Crippen molar-refractivity contribution in [2.24, 2.45) is 0 Å². The molecule has 16 heavy (non-hydrogen) atoms. The highest BCUT2D eigenvalue weighted by Gasteiger charge is 2.10. The Balaban J connectivity index is 1.56. The highest BCUT2D eigenvalue weighted by Crippen LogP contribution is 2.07. The van der Waals surface area contributed by atoms with Gasteiger partial charge in [0.15, 0.2) is 0 Å². The van der Waals surface area contributed by atoms with Gasteiger partial charge in [-0.3, -0.25) is 4.68 Å². The van der Waals surface area contributed by atoms with Crippen LogP contribution in [0.25, 0.3) is 0 Å². The topological polar surface area (TPSA) is 52.0 Å². The van der Waals surface area contributed by atoms with Crippen LogP contribution in [0.1, 0.15) is 25.7 Å². The van der Waals surface area contributed by atoms with Crippen LogP contribution in [0.5, 0.6) is 0 Å². The molecule has 0 bridgehead atoms. The Labute approximate surface area is 96.2 Å². The smallest absolute Gasteiger partial charge is 0.0692 e. The predicted molar refractivity (Wildman–Crippen MR) is 61.1 cm³/mol. The second-order valence-electron chi connectivity index (χ2n) is 4.21. The van der Waals surface area contributed by atoms with Crippen LogP contribution in [0.15, 0.2) is 12.4 Å². The Morgan fingerprint density at radius 3 is 3.25 bits per heavy atom. The molecule has 0 spiro atoms. The Morgan fingerprint density at radius 2 is 2.38 bits per heavy atom. The molecule has 2 rings (SSSR count). The Bertz CT molecular complexity index is 268. The summed E-state index contributed by atoms with van der Waals surface area (Å²) in [6.45, 7) is 3.82. The number of hydrogen-bond donors (Lipinski definition) is 1. The van der Waals surface area contributed by atoms with E-state index in [9.17, 15) is 0 Å². The molecule has 1 saturated heterocycles. The number of aromatic nitrogens is 3. The van der Waals surface area contributed by atoms with Crippen molar-refractivity contribution in [2.45, 2.75) is 38.3 Å². The standard InChI is InChI=1S/C11H20N4O/c1-3-11(4-10-16-9-1)12-5-2-7-15-8-6-13-14-15/h6,8,11-12H,1-5,7,9-10H2. The van der Waals surface area contributed by atoms with Crippen LogP contribution in [0.3, 0.4) is 0 Å². The number of nitrogens with zero attached hydrogens (tertiary/aromatic N) is 3. The summed E-state index contributed by atoms with van der Waals surface area (Å²) in [6.07, 6.45) is 8.28. The van der Waals surface area contributed by atoms with Gasteiger partial charge in [0.1, 0.15) is 0 Å². The molecule has 0 amide bonds. The van der Waals surface area contributed by atoms with Crippen molar-refractivity contribution in [3.05, 3.63) is 12.4 Å². The molecule has 0 saturated carbocycles. The van der Waals surface area contributed by atoms with E-state index in [0.29, 0.717) is 6.04 Å². The minimum absolute atomic E-state index is 0.637. The summed E-state index contributed by atoms with van der Waals surface area (Å²) in [5, 5.41) is 11.3. The minimum atomic E-state index is 0.637. The van der Waals surface area contributed by atoms with Gasteiger partial charge in [0, 0.05) is 32.0 Å². The van der Waals surface area contributed by atoms with Gasteiger partial charge in [-0.15, -0.1) is 5.10 Å². The molecule has 1 unspecified atom stereocenters. The Morgan fingerprint density at radius 1 is 1.38 bits per heavy atom. The van der Waals surface area contributed by atoms with Gasteiger partial charge in [0.25, 0.3) is 0 Å². The predicted octanol–water partition coefficient (Wildman–Crippen LogP) is 0.827. The molecule has 1 aliphatic rings. The maximum atomic E-state index is 5.43. The van der Waals surface area contributed by atoms with Crippen LogP contribution in [0.4, 0.5) is 0 Å². The van der Waals surface area contributed by atoms with Gasteiger partial charge in [0.05, 0.1) is 6.20 Å². The monoisotopic (exact) mass is 224 g/mol. The van der Waals surface area contributed by atoms with Crippen molar-refractivity contribution in [1.29, 1.82) is 0 Å². The molecule has 90 valence electrons. The average Bonchev–Trinajstić information content (AvgIpc) is 2.68. The van der Waals surface area contributed by atoms with E-state index in [0.717, 1.165) is 39.1 Å². The molecule has 1 aromatic heterocycles. The van der Waals surface area contributed by atoms with E-state index >= 15 is 0 Å². The molecule has 1 fully saturated rings. The van der Waals surface area contributed by atoms with E-state index in [1.54, 1.807) is 6.20 Å². The Kier molecular flexibility index (Phi) is 4.76. The summed E-state index contributed by atoms with van der Waals surface area (Å²) in [5.41, 5.74) is 0. The molecule has 1 aliphatic heterocycles. The van der Waals surface area contributed by atoms with E-state index in [1.807, 2.05) is 10.9 Å². The summed E-state index contributed by atoms with van der Waals surface area (Å²) >= 11 is 0. The highest BCUT2D eigenvalue weighted by molar-refractivity contribution is 4.69. The third-order valence-electron chi connectivity index (χ3n) is 2.92. The summed E-state index contributed by atoms with van der Waals surface area (Å²) < 4.78 is 7.30. The first-order valence-corrected chi connectivity index (χ1v) is 6.10. The fourth-order valence-corrected chi connectivity index (χ4v) is 2.01. The largest absolute Gasteiger partial charge is 0.381 e. The van der Waals surface area contributed by atoms with E-state index < -0.39 is 0 Å². The molecule has 0 aromatic carbocycles. The molecule has 5 nitrogen and oxygen atoms in total. The molecule has 2 heterocycles. The lowest BCUT2D eigenvalue weighted by Crippen LogP contribution is -2.30. The second-order valence-corrected chi connectivity index (χ2v) is 4.21. The highest BCUT2D eigenvalue weighted by atomic mass is 16.5. The van der Waals surface area contributed by atoms with E-state index in [-0.39, 0.29) is 0 Å².